The largest absolute Gasteiger partial charge is 1.00 e. The zero-order valence-electron chi connectivity index (χ0n) is 2.89. The van der Waals surface area contributed by atoms with Gasteiger partial charge in [-0.2, -0.15) is 0 Å². The highest BCUT2D eigenvalue weighted by Crippen LogP contribution is 2.02. The Balaban J connectivity index is 0.000000250. The van der Waals surface area contributed by atoms with Gasteiger partial charge in [0.1, 0.15) is 17.2 Å². The van der Waals surface area contributed by atoms with Crippen LogP contribution >= 0.6 is 11.8 Å². The van der Waals surface area contributed by atoms with Gasteiger partial charge >= 0.3 is 0 Å². The molecule has 32 valence electrons. The molecule has 0 saturated carbocycles. The quantitative estimate of drug-likeness (QED) is 0.337. The van der Waals surface area contributed by atoms with E-state index in [4.69, 9.17) is 0 Å². The average molecular weight is 211 g/mol. The Morgan fingerprint density at radius 2 is 2.50 bits per heavy atom. The van der Waals surface area contributed by atoms with Crippen LogP contribution in [0.25, 0.3) is 0 Å². The lowest BCUT2D eigenvalue weighted by molar-refractivity contribution is -0.000000912. The lowest BCUT2D eigenvalue weighted by Crippen LogP contribution is -3.00. The van der Waals surface area contributed by atoms with Crippen LogP contribution in [0.5, 0.6) is 0 Å². The fourth-order valence-corrected chi connectivity index (χ4v) is 0.456. The van der Waals surface area contributed by atoms with E-state index >= 15 is 0 Å². The van der Waals surface area contributed by atoms with Crippen LogP contribution in [0.15, 0.2) is 16.6 Å². The van der Waals surface area contributed by atoms with E-state index in [2.05, 4.69) is 10.5 Å². The van der Waals surface area contributed by atoms with Crippen LogP contribution in [0.4, 0.5) is 0 Å². The van der Waals surface area contributed by atoms with Crippen LogP contribution in [-0.4, -0.2) is 5.55 Å². The van der Waals surface area contributed by atoms with Crippen LogP contribution in [0, 0.1) is 0 Å². The van der Waals surface area contributed by atoms with E-state index in [1.807, 2.05) is 5.41 Å². The Morgan fingerprint density at radius 3 is 2.67 bits per heavy atom. The fraction of sp³-hybridized carbons (Fsp3) is 0. The van der Waals surface area contributed by atoms with Gasteiger partial charge in [-0.25, -0.2) is 0 Å². The number of hydrogen-bond acceptors (Lipinski definition) is 2. The predicted molar refractivity (Wildman–Crippen MR) is 24.2 cm³/mol. The average Bonchev–Trinajstić information content (AvgIpc) is 1.76. The van der Waals surface area contributed by atoms with Crippen LogP contribution in [0.1, 0.15) is 0 Å². The Bertz CT molecular complexity index is 68.9. The Labute approximate surface area is 57.9 Å². The van der Waals surface area contributed by atoms with Crippen molar-refractivity contribution in [3.8, 4) is 0 Å². The van der Waals surface area contributed by atoms with E-state index in [1.165, 1.54) is 11.8 Å². The molecule has 3 heteroatoms. The molecular formula is C3H2INS. The van der Waals surface area contributed by atoms with Gasteiger partial charge in [0, 0.05) is 0 Å². The van der Waals surface area contributed by atoms with E-state index in [0.29, 0.717) is 0 Å². The molecule has 0 aromatic heterocycles. The second-order valence-electron chi connectivity index (χ2n) is 0.623. The first-order valence-corrected chi connectivity index (χ1v) is 2.13. The Kier molecular flexibility index (Phi) is 3.82. The molecule has 1 nitrogen and oxygen atoms in total. The van der Waals surface area contributed by atoms with Crippen LogP contribution in [-0.2, 0) is 0 Å². The standard InChI is InChI=1S/C3H2NS.HI/c1-2-5-3-4-1;/h1-2H;1H/q+1;/p-1. The summed E-state index contributed by atoms with van der Waals surface area (Å²) in [5, 5.41) is 1.88. The van der Waals surface area contributed by atoms with Gasteiger partial charge in [0.05, 0.1) is 0 Å². The molecule has 1 heterocycles. The number of thioether (sulfide) groups is 1. The summed E-state index contributed by atoms with van der Waals surface area (Å²) in [6.07, 6.45) is 1.71. The molecule has 0 N–H and O–H groups in total. The third kappa shape index (κ3) is 1.74. The Morgan fingerprint density at radius 1 is 1.67 bits per heavy atom. The SMILES string of the molecule is [C+]1=NC=CS1.[I-]. The summed E-state index contributed by atoms with van der Waals surface area (Å²) in [7, 11) is 0. The molecule has 1 rings (SSSR count). The predicted octanol–water partition coefficient (Wildman–Crippen LogP) is -1.89. The van der Waals surface area contributed by atoms with Gasteiger partial charge in [-0.3, -0.25) is 0 Å². The minimum absolute atomic E-state index is 0. The van der Waals surface area contributed by atoms with Gasteiger partial charge in [0.2, 0.25) is 0 Å². The minimum atomic E-state index is 0. The maximum atomic E-state index is 3.62. The minimum Gasteiger partial charge on any atom is -1.00 e. The highest BCUT2D eigenvalue weighted by Gasteiger charge is 1.92. The summed E-state index contributed by atoms with van der Waals surface area (Å²) in [4.78, 5) is 3.62. The van der Waals surface area contributed by atoms with Crippen molar-refractivity contribution in [2.24, 2.45) is 4.99 Å². The fourth-order valence-electron chi connectivity index (χ4n) is 0.152. The molecule has 0 fully saturated rings. The van der Waals surface area contributed by atoms with Gasteiger partial charge in [-0.15, -0.1) is 0 Å². The third-order valence-electron chi connectivity index (χ3n) is 0.309. The molecule has 0 amide bonds. The van der Waals surface area contributed by atoms with Crippen molar-refractivity contribution in [1.29, 1.82) is 0 Å². The van der Waals surface area contributed by atoms with Crippen LogP contribution in [0.3, 0.4) is 0 Å². The van der Waals surface area contributed by atoms with Gasteiger partial charge in [0.25, 0.3) is 5.55 Å². The summed E-state index contributed by atoms with van der Waals surface area (Å²) in [6, 6.07) is 0. The summed E-state index contributed by atoms with van der Waals surface area (Å²) in [5.41, 5.74) is 2.65. The molecule has 0 aliphatic carbocycles. The van der Waals surface area contributed by atoms with Crippen LogP contribution in [0.2, 0.25) is 0 Å². The first kappa shape index (κ1) is 6.40. The van der Waals surface area contributed by atoms with Crippen LogP contribution < -0.4 is 24.0 Å². The monoisotopic (exact) mass is 211 g/mol. The number of rotatable bonds is 0. The molecule has 0 spiro atoms. The molecule has 1 aliphatic heterocycles. The second-order valence-corrected chi connectivity index (χ2v) is 1.31. The first-order valence-electron chi connectivity index (χ1n) is 1.25. The second kappa shape index (κ2) is 3.59. The number of nitrogens with zero attached hydrogens (tertiary/aromatic N) is 1. The normalized spacial score (nSPS) is 13.3. The van der Waals surface area contributed by atoms with E-state index in [-0.39, 0.29) is 24.0 Å². The topological polar surface area (TPSA) is 12.4 Å². The zero-order valence-corrected chi connectivity index (χ0v) is 5.86. The van der Waals surface area contributed by atoms with E-state index in [0.717, 1.165) is 0 Å². The highest BCUT2D eigenvalue weighted by atomic mass is 127. The van der Waals surface area contributed by atoms with Crippen molar-refractivity contribution in [2.45, 2.75) is 0 Å². The zero-order chi connectivity index (χ0) is 3.54. The van der Waals surface area contributed by atoms with E-state index < -0.39 is 0 Å². The molecule has 0 unspecified atom stereocenters. The van der Waals surface area contributed by atoms with Crippen molar-refractivity contribution in [3.63, 3.8) is 0 Å². The molecule has 0 saturated heterocycles. The van der Waals surface area contributed by atoms with Gasteiger partial charge < -0.3 is 24.0 Å². The number of hydrogen-bond donors (Lipinski definition) is 0. The number of halogens is 1. The molecule has 0 aromatic rings. The molecule has 0 atom stereocenters. The van der Waals surface area contributed by atoms with Crippen molar-refractivity contribution >= 4 is 17.3 Å². The lowest BCUT2D eigenvalue weighted by atomic mass is 11.1. The van der Waals surface area contributed by atoms with E-state index in [9.17, 15) is 0 Å². The van der Waals surface area contributed by atoms with Crippen molar-refractivity contribution in [2.75, 3.05) is 0 Å². The van der Waals surface area contributed by atoms with Crippen molar-refractivity contribution in [3.05, 3.63) is 11.6 Å². The van der Waals surface area contributed by atoms with Gasteiger partial charge in [-0.05, 0) is 4.99 Å². The maximum Gasteiger partial charge on any atom is 0.271 e. The highest BCUT2D eigenvalue weighted by molar-refractivity contribution is 8.14. The summed E-state index contributed by atoms with van der Waals surface area (Å²) in [6.45, 7) is 0. The van der Waals surface area contributed by atoms with Crippen molar-refractivity contribution in [1.82, 2.24) is 0 Å². The van der Waals surface area contributed by atoms with Gasteiger partial charge in [0.15, 0.2) is 6.20 Å². The molecule has 0 radical (unpaired) electrons. The smallest absolute Gasteiger partial charge is 0.271 e. The Hall–Kier alpha value is 0.400. The van der Waals surface area contributed by atoms with Gasteiger partial charge in [-0.1, -0.05) is 0 Å². The molecule has 0 bridgehead atoms. The van der Waals surface area contributed by atoms with Crippen molar-refractivity contribution < 1.29 is 24.0 Å². The molecule has 6 heavy (non-hydrogen) atoms. The lowest BCUT2D eigenvalue weighted by Gasteiger charge is -1.37. The molecular weight excluding hydrogens is 209 g/mol. The summed E-state index contributed by atoms with van der Waals surface area (Å²) >= 11 is 1.48. The molecule has 0 aromatic carbocycles. The molecule has 1 aliphatic rings. The number of aliphatic imine (C=N–C) groups is 1. The third-order valence-corrected chi connectivity index (χ3v) is 0.777. The first-order chi connectivity index (χ1) is 2.50. The maximum absolute atomic E-state index is 3.62. The summed E-state index contributed by atoms with van der Waals surface area (Å²) in [5.74, 6) is 0. The summed E-state index contributed by atoms with van der Waals surface area (Å²) < 4.78 is 0. The van der Waals surface area contributed by atoms with E-state index in [1.54, 1.807) is 6.20 Å².